The van der Waals surface area contributed by atoms with Crippen molar-refractivity contribution in [2.45, 2.75) is 32.2 Å². The number of carbonyl (C=O) groups is 1. The minimum Gasteiger partial charge on any atom is -0.497 e. The number of likely N-dealkylation sites (tertiary alicyclic amines) is 1. The number of rotatable bonds is 6. The Morgan fingerprint density at radius 3 is 2.83 bits per heavy atom. The molecule has 1 aliphatic heterocycles. The van der Waals surface area contributed by atoms with E-state index in [-0.39, 0.29) is 11.9 Å². The molecular weight excluding hydrogens is 396 g/mol. The van der Waals surface area contributed by atoms with E-state index in [1.165, 1.54) is 5.56 Å². The van der Waals surface area contributed by atoms with E-state index < -0.39 is 0 Å². The topological polar surface area (TPSA) is 51.7 Å². The van der Waals surface area contributed by atoms with E-state index in [2.05, 4.69) is 25.1 Å². The molecule has 4 rings (SSSR count). The third kappa shape index (κ3) is 4.19. The van der Waals surface area contributed by atoms with Gasteiger partial charge in [-0.3, -0.25) is 4.79 Å². The largest absolute Gasteiger partial charge is 0.497 e. The van der Waals surface area contributed by atoms with E-state index in [4.69, 9.17) is 14.5 Å². The molecule has 0 bridgehead atoms. The van der Waals surface area contributed by atoms with Crippen LogP contribution >= 0.6 is 11.3 Å². The number of hydrogen-bond donors (Lipinski definition) is 0. The summed E-state index contributed by atoms with van der Waals surface area (Å²) in [7, 11) is 3.29. The Hall–Kier alpha value is -2.86. The first-order chi connectivity index (χ1) is 14.6. The van der Waals surface area contributed by atoms with Crippen molar-refractivity contribution >= 4 is 17.2 Å². The van der Waals surface area contributed by atoms with Gasteiger partial charge in [-0.1, -0.05) is 23.8 Å². The smallest absolute Gasteiger partial charge is 0.229 e. The molecule has 0 N–H and O–H groups in total. The summed E-state index contributed by atoms with van der Waals surface area (Å²) < 4.78 is 10.9. The highest BCUT2D eigenvalue weighted by atomic mass is 32.1. The molecule has 0 aliphatic carbocycles. The molecule has 3 aromatic rings. The lowest BCUT2D eigenvalue weighted by Gasteiger charge is -2.26. The van der Waals surface area contributed by atoms with Crippen molar-refractivity contribution in [3.63, 3.8) is 0 Å². The van der Waals surface area contributed by atoms with Gasteiger partial charge in [0.1, 0.15) is 16.5 Å². The number of amides is 1. The van der Waals surface area contributed by atoms with Crippen molar-refractivity contribution in [2.24, 2.45) is 0 Å². The van der Waals surface area contributed by atoms with Crippen molar-refractivity contribution in [1.82, 2.24) is 9.88 Å². The third-order valence-electron chi connectivity index (χ3n) is 5.52. The molecule has 1 fully saturated rings. The van der Waals surface area contributed by atoms with E-state index >= 15 is 0 Å². The lowest BCUT2D eigenvalue weighted by Crippen LogP contribution is -2.32. The predicted octanol–water partition coefficient (Wildman–Crippen LogP) is 5.04. The van der Waals surface area contributed by atoms with E-state index in [1.807, 2.05) is 34.5 Å². The summed E-state index contributed by atoms with van der Waals surface area (Å²) in [4.78, 5) is 19.8. The molecule has 0 radical (unpaired) electrons. The molecule has 1 aromatic heterocycles. The Morgan fingerprint density at radius 2 is 2.07 bits per heavy atom. The maximum absolute atomic E-state index is 13.1. The van der Waals surface area contributed by atoms with Gasteiger partial charge in [-0.25, -0.2) is 4.98 Å². The fourth-order valence-electron chi connectivity index (χ4n) is 4.04. The Kier molecular flexibility index (Phi) is 6.04. The van der Waals surface area contributed by atoms with Crippen molar-refractivity contribution in [1.29, 1.82) is 0 Å². The summed E-state index contributed by atoms with van der Waals surface area (Å²) in [5.41, 5.74) is 4.16. The van der Waals surface area contributed by atoms with Crippen LogP contribution in [0, 0.1) is 6.92 Å². The van der Waals surface area contributed by atoms with Gasteiger partial charge in [0.15, 0.2) is 0 Å². The van der Waals surface area contributed by atoms with Gasteiger partial charge in [0, 0.05) is 29.1 Å². The lowest BCUT2D eigenvalue weighted by molar-refractivity contribution is -0.131. The minimum absolute atomic E-state index is 0.0215. The fourth-order valence-corrected chi connectivity index (χ4v) is 4.85. The second-order valence-electron chi connectivity index (χ2n) is 7.54. The third-order valence-corrected chi connectivity index (χ3v) is 6.46. The first kappa shape index (κ1) is 20.4. The normalized spacial score (nSPS) is 16.0. The molecule has 0 saturated carbocycles. The monoisotopic (exact) mass is 422 g/mol. The Balaban J connectivity index is 1.51. The predicted molar refractivity (Wildman–Crippen MR) is 119 cm³/mol. The zero-order chi connectivity index (χ0) is 21.1. The second-order valence-corrected chi connectivity index (χ2v) is 8.40. The Labute approximate surface area is 181 Å². The van der Waals surface area contributed by atoms with Gasteiger partial charge < -0.3 is 14.4 Å². The fraction of sp³-hybridized carbons (Fsp3) is 0.333. The molecule has 0 spiro atoms. The maximum Gasteiger partial charge on any atom is 0.229 e. The Morgan fingerprint density at radius 1 is 1.20 bits per heavy atom. The zero-order valence-corrected chi connectivity index (χ0v) is 18.4. The average molecular weight is 423 g/mol. The van der Waals surface area contributed by atoms with Crippen LogP contribution in [0.5, 0.6) is 11.5 Å². The van der Waals surface area contributed by atoms with Crippen LogP contribution in [0.15, 0.2) is 47.8 Å². The van der Waals surface area contributed by atoms with E-state index in [0.717, 1.165) is 52.7 Å². The second kappa shape index (κ2) is 8.88. The quantitative estimate of drug-likeness (QED) is 0.558. The average Bonchev–Trinajstić information content (AvgIpc) is 3.43. The van der Waals surface area contributed by atoms with Crippen LogP contribution in [0.25, 0.3) is 10.6 Å². The first-order valence-electron chi connectivity index (χ1n) is 10.1. The molecule has 1 unspecified atom stereocenters. The number of ether oxygens (including phenoxy) is 2. The van der Waals surface area contributed by atoms with Gasteiger partial charge in [-0.15, -0.1) is 11.3 Å². The minimum atomic E-state index is 0.0215. The first-order valence-corrected chi connectivity index (χ1v) is 11.0. The number of carbonyl (C=O) groups excluding carboxylic acids is 1. The number of nitrogens with zero attached hydrogens (tertiary/aromatic N) is 2. The van der Waals surface area contributed by atoms with Gasteiger partial charge in [-0.2, -0.15) is 0 Å². The van der Waals surface area contributed by atoms with Crippen LogP contribution in [-0.2, 0) is 11.2 Å². The van der Waals surface area contributed by atoms with Crippen LogP contribution in [0.2, 0.25) is 0 Å². The molecule has 1 aliphatic rings. The summed E-state index contributed by atoms with van der Waals surface area (Å²) in [6.45, 7) is 2.83. The number of aromatic nitrogens is 1. The van der Waals surface area contributed by atoms with Crippen molar-refractivity contribution in [3.8, 4) is 22.1 Å². The lowest BCUT2D eigenvalue weighted by atomic mass is 10.0. The highest BCUT2D eigenvalue weighted by Crippen LogP contribution is 2.39. The van der Waals surface area contributed by atoms with Crippen LogP contribution in [0.1, 0.15) is 35.7 Å². The number of benzene rings is 2. The highest BCUT2D eigenvalue weighted by molar-refractivity contribution is 7.13. The molecule has 2 aromatic carbocycles. The summed E-state index contributed by atoms with van der Waals surface area (Å²) >= 11 is 1.59. The molecule has 30 heavy (non-hydrogen) atoms. The molecular formula is C24H26N2O3S. The number of thiazole rings is 1. The van der Waals surface area contributed by atoms with Gasteiger partial charge in [0.05, 0.1) is 32.4 Å². The van der Waals surface area contributed by atoms with Crippen molar-refractivity contribution < 1.29 is 14.3 Å². The van der Waals surface area contributed by atoms with Gasteiger partial charge in [0.25, 0.3) is 0 Å². The van der Waals surface area contributed by atoms with Crippen LogP contribution in [0.3, 0.4) is 0 Å². The van der Waals surface area contributed by atoms with Crippen LogP contribution in [-0.4, -0.2) is 36.6 Å². The van der Waals surface area contributed by atoms with Crippen LogP contribution in [0.4, 0.5) is 0 Å². The summed E-state index contributed by atoms with van der Waals surface area (Å²) in [5, 5.41) is 2.95. The summed E-state index contributed by atoms with van der Waals surface area (Å²) in [6, 6.07) is 14.1. The van der Waals surface area contributed by atoms with Crippen LogP contribution < -0.4 is 9.47 Å². The zero-order valence-electron chi connectivity index (χ0n) is 17.6. The standard InChI is InChI=1S/C24H26N2O3S/c1-16-6-4-7-17(12-16)24-25-18(15-30-24)13-23(27)26-11-5-8-21(26)20-10-9-19(28-2)14-22(20)29-3/h4,6-7,9-10,12,14-15,21H,5,8,11,13H2,1-3H3. The number of methoxy groups -OCH3 is 2. The molecule has 6 heteroatoms. The van der Waals surface area contributed by atoms with Gasteiger partial charge in [0.2, 0.25) is 5.91 Å². The Bertz CT molecular complexity index is 1050. The number of aryl methyl sites for hydroxylation is 1. The molecule has 2 heterocycles. The van der Waals surface area contributed by atoms with Gasteiger partial charge >= 0.3 is 0 Å². The van der Waals surface area contributed by atoms with E-state index in [0.29, 0.717) is 6.42 Å². The van der Waals surface area contributed by atoms with Gasteiger partial charge in [-0.05, 0) is 38.0 Å². The van der Waals surface area contributed by atoms with Crippen molar-refractivity contribution in [3.05, 3.63) is 64.7 Å². The molecule has 156 valence electrons. The number of hydrogen-bond acceptors (Lipinski definition) is 5. The summed E-state index contributed by atoms with van der Waals surface area (Å²) in [5.74, 6) is 1.61. The SMILES string of the molecule is COc1ccc(C2CCCN2C(=O)Cc2csc(-c3cccc(C)c3)n2)c(OC)c1. The van der Waals surface area contributed by atoms with E-state index in [1.54, 1.807) is 25.6 Å². The maximum atomic E-state index is 13.1. The van der Waals surface area contributed by atoms with E-state index in [9.17, 15) is 4.79 Å². The summed E-state index contributed by atoms with van der Waals surface area (Å²) in [6.07, 6.45) is 2.23. The van der Waals surface area contributed by atoms with Crippen molar-refractivity contribution in [2.75, 3.05) is 20.8 Å². The highest BCUT2D eigenvalue weighted by Gasteiger charge is 2.32. The molecule has 5 nitrogen and oxygen atoms in total. The molecule has 1 amide bonds. The molecule has 1 atom stereocenters. The molecule has 1 saturated heterocycles.